The van der Waals surface area contributed by atoms with Gasteiger partial charge in [-0.2, -0.15) is 0 Å². The summed E-state index contributed by atoms with van der Waals surface area (Å²) < 4.78 is 5.74. The van der Waals surface area contributed by atoms with Gasteiger partial charge in [0.2, 0.25) is 11.8 Å². The van der Waals surface area contributed by atoms with Gasteiger partial charge in [0.05, 0.1) is 25.2 Å². The van der Waals surface area contributed by atoms with Crippen molar-refractivity contribution >= 4 is 11.8 Å². The molecule has 0 aromatic heterocycles. The van der Waals surface area contributed by atoms with Crippen LogP contribution in [0.2, 0.25) is 0 Å². The topological polar surface area (TPSA) is 90.9 Å². The van der Waals surface area contributed by atoms with Gasteiger partial charge < -0.3 is 25.4 Å². The number of carbonyl (C=O) groups is 2. The van der Waals surface area contributed by atoms with Crippen LogP contribution >= 0.6 is 0 Å². The second kappa shape index (κ2) is 10.5. The number of piperidine rings is 1. The van der Waals surface area contributed by atoms with Crippen LogP contribution in [0.1, 0.15) is 39.0 Å². The van der Waals surface area contributed by atoms with Gasteiger partial charge in [0.25, 0.3) is 0 Å². The third-order valence-electron chi connectivity index (χ3n) is 4.70. The van der Waals surface area contributed by atoms with E-state index in [-0.39, 0.29) is 37.0 Å². The maximum Gasteiger partial charge on any atom is 0.222 e. The molecule has 7 heteroatoms. The number of hydrogen-bond donors (Lipinski definition) is 3. The predicted octanol–water partition coefficient (Wildman–Crippen LogP) is 0.189. The number of hydrogen-bond acceptors (Lipinski definition) is 5. The molecule has 2 heterocycles. The van der Waals surface area contributed by atoms with Gasteiger partial charge in [0.1, 0.15) is 6.10 Å². The number of rotatable bonds is 8. The molecule has 0 aromatic carbocycles. The molecule has 1 fully saturated rings. The summed E-state index contributed by atoms with van der Waals surface area (Å²) in [6.45, 7) is 5.34. The van der Waals surface area contributed by atoms with Gasteiger partial charge in [-0.25, -0.2) is 0 Å². The predicted molar refractivity (Wildman–Crippen MR) is 95.0 cm³/mol. The Kier molecular flexibility index (Phi) is 8.37. The lowest BCUT2D eigenvalue weighted by Gasteiger charge is -2.31. The fourth-order valence-electron chi connectivity index (χ4n) is 3.22. The van der Waals surface area contributed by atoms with Gasteiger partial charge in [-0.05, 0) is 25.9 Å². The third-order valence-corrected chi connectivity index (χ3v) is 4.70. The first kappa shape index (κ1) is 19.9. The zero-order chi connectivity index (χ0) is 18.1. The molecule has 0 unspecified atom stereocenters. The molecule has 0 bridgehead atoms. The first-order valence-corrected chi connectivity index (χ1v) is 9.35. The third kappa shape index (κ3) is 6.76. The summed E-state index contributed by atoms with van der Waals surface area (Å²) in [7, 11) is 0. The lowest BCUT2D eigenvalue weighted by Crippen LogP contribution is -2.49. The lowest BCUT2D eigenvalue weighted by atomic mass is 10.0. The van der Waals surface area contributed by atoms with Crippen LogP contribution in [0.4, 0.5) is 0 Å². The highest BCUT2D eigenvalue weighted by atomic mass is 16.5. The van der Waals surface area contributed by atoms with E-state index in [4.69, 9.17) is 4.74 Å². The molecule has 0 spiro atoms. The van der Waals surface area contributed by atoms with E-state index in [1.165, 1.54) is 19.3 Å². The Balaban J connectivity index is 1.71. The van der Waals surface area contributed by atoms with Crippen LogP contribution in [0.25, 0.3) is 0 Å². The fourth-order valence-corrected chi connectivity index (χ4v) is 3.22. The van der Waals surface area contributed by atoms with Crippen LogP contribution in [0.5, 0.6) is 0 Å². The number of carbonyl (C=O) groups excluding carboxylic acids is 2. The average Bonchev–Trinajstić information content (AvgIpc) is 2.63. The smallest absolute Gasteiger partial charge is 0.222 e. The molecule has 7 nitrogen and oxygen atoms in total. The van der Waals surface area contributed by atoms with Gasteiger partial charge >= 0.3 is 0 Å². The van der Waals surface area contributed by atoms with Crippen LogP contribution < -0.4 is 10.6 Å². The monoisotopic (exact) mass is 353 g/mol. The van der Waals surface area contributed by atoms with Crippen molar-refractivity contribution in [3.8, 4) is 0 Å². The summed E-state index contributed by atoms with van der Waals surface area (Å²) in [5, 5.41) is 15.2. The summed E-state index contributed by atoms with van der Waals surface area (Å²) in [6, 6.07) is -0.351. The largest absolute Gasteiger partial charge is 0.394 e. The van der Waals surface area contributed by atoms with Crippen LogP contribution in [-0.2, 0) is 14.3 Å². The van der Waals surface area contributed by atoms with Crippen LogP contribution in [0, 0.1) is 0 Å². The van der Waals surface area contributed by atoms with E-state index in [1.54, 1.807) is 13.0 Å². The fraction of sp³-hybridized carbons (Fsp3) is 0.778. The van der Waals surface area contributed by atoms with Crippen molar-refractivity contribution in [1.82, 2.24) is 15.5 Å². The number of nitrogens with one attached hydrogen (secondary N) is 2. The zero-order valence-electron chi connectivity index (χ0n) is 15.1. The number of aliphatic hydroxyl groups is 1. The summed E-state index contributed by atoms with van der Waals surface area (Å²) in [5.41, 5.74) is 0. The van der Waals surface area contributed by atoms with Crippen molar-refractivity contribution in [2.24, 2.45) is 0 Å². The Morgan fingerprint density at radius 3 is 2.64 bits per heavy atom. The van der Waals surface area contributed by atoms with Gasteiger partial charge in [-0.3, -0.25) is 9.59 Å². The number of aliphatic hydroxyl groups excluding tert-OH is 1. The van der Waals surface area contributed by atoms with E-state index in [1.807, 2.05) is 6.08 Å². The van der Waals surface area contributed by atoms with E-state index in [0.717, 1.165) is 19.6 Å². The average molecular weight is 353 g/mol. The normalized spacial score (nSPS) is 27.0. The van der Waals surface area contributed by atoms with Crippen LogP contribution in [0.15, 0.2) is 12.2 Å². The maximum absolute atomic E-state index is 12.1. The van der Waals surface area contributed by atoms with Crippen molar-refractivity contribution in [2.45, 2.75) is 57.3 Å². The Bertz CT molecular complexity index is 463. The standard InChI is InChI=1S/C18H31N3O4/c1-2-17(23)20-15-7-6-14(25-16(15)13-22)12-18(24)19-8-11-21-9-4-3-5-10-21/h6-7,14-16,22H,2-5,8-13H2,1H3,(H,19,24)(H,20,23)/t14-,15+,16+/m1/s1. The first-order valence-electron chi connectivity index (χ1n) is 9.35. The minimum absolute atomic E-state index is 0.0561. The molecule has 3 atom stereocenters. The van der Waals surface area contributed by atoms with Crippen molar-refractivity contribution in [1.29, 1.82) is 0 Å². The first-order chi connectivity index (χ1) is 12.1. The molecule has 2 rings (SSSR count). The number of amides is 2. The maximum atomic E-state index is 12.1. The van der Waals surface area contributed by atoms with E-state index >= 15 is 0 Å². The minimum atomic E-state index is -0.522. The van der Waals surface area contributed by atoms with Gasteiger partial charge in [-0.15, -0.1) is 0 Å². The van der Waals surface area contributed by atoms with E-state index in [0.29, 0.717) is 13.0 Å². The highest BCUT2D eigenvalue weighted by Gasteiger charge is 2.28. The van der Waals surface area contributed by atoms with Crippen LogP contribution in [-0.4, -0.2) is 72.9 Å². The molecular formula is C18H31N3O4. The molecule has 0 radical (unpaired) electrons. The SMILES string of the molecule is CCC(=O)N[C@H]1C=C[C@H](CC(=O)NCCN2CCCCC2)O[C@H]1CO. The molecule has 2 amide bonds. The lowest BCUT2D eigenvalue weighted by molar-refractivity contribution is -0.128. The molecule has 0 saturated carbocycles. The Hall–Kier alpha value is -1.44. The summed E-state index contributed by atoms with van der Waals surface area (Å²) >= 11 is 0. The number of nitrogens with zero attached hydrogens (tertiary/aromatic N) is 1. The molecule has 142 valence electrons. The molecular weight excluding hydrogens is 322 g/mol. The molecule has 3 N–H and O–H groups in total. The summed E-state index contributed by atoms with van der Waals surface area (Å²) in [6.07, 6.45) is 7.10. The van der Waals surface area contributed by atoms with Crippen molar-refractivity contribution in [3.05, 3.63) is 12.2 Å². The highest BCUT2D eigenvalue weighted by molar-refractivity contribution is 5.77. The number of likely N-dealkylation sites (tertiary alicyclic amines) is 1. The number of ether oxygens (including phenoxy) is 1. The molecule has 1 saturated heterocycles. The Morgan fingerprint density at radius 2 is 1.96 bits per heavy atom. The molecule has 2 aliphatic rings. The second-order valence-electron chi connectivity index (χ2n) is 6.68. The van der Waals surface area contributed by atoms with Gasteiger partial charge in [0, 0.05) is 19.5 Å². The second-order valence-corrected chi connectivity index (χ2v) is 6.68. The van der Waals surface area contributed by atoms with E-state index in [9.17, 15) is 14.7 Å². The molecule has 25 heavy (non-hydrogen) atoms. The van der Waals surface area contributed by atoms with E-state index < -0.39 is 6.10 Å². The van der Waals surface area contributed by atoms with Crippen molar-refractivity contribution in [3.63, 3.8) is 0 Å². The molecule has 0 aromatic rings. The van der Waals surface area contributed by atoms with Crippen molar-refractivity contribution < 1.29 is 19.4 Å². The highest BCUT2D eigenvalue weighted by Crippen LogP contribution is 2.16. The zero-order valence-corrected chi connectivity index (χ0v) is 15.1. The molecule has 2 aliphatic heterocycles. The quantitative estimate of drug-likeness (QED) is 0.542. The van der Waals surface area contributed by atoms with Crippen LogP contribution in [0.3, 0.4) is 0 Å². The summed E-state index contributed by atoms with van der Waals surface area (Å²) in [4.78, 5) is 26.0. The van der Waals surface area contributed by atoms with Crippen molar-refractivity contribution in [2.75, 3.05) is 32.8 Å². The minimum Gasteiger partial charge on any atom is -0.394 e. The summed E-state index contributed by atoms with van der Waals surface area (Å²) in [5.74, 6) is -0.148. The Morgan fingerprint density at radius 1 is 1.20 bits per heavy atom. The molecule has 0 aliphatic carbocycles. The van der Waals surface area contributed by atoms with Gasteiger partial charge in [-0.1, -0.05) is 25.5 Å². The van der Waals surface area contributed by atoms with E-state index in [2.05, 4.69) is 15.5 Å². The van der Waals surface area contributed by atoms with Gasteiger partial charge in [0.15, 0.2) is 0 Å². The Labute approximate surface area is 149 Å².